The molecule has 1 aromatic heterocycles. The average Bonchev–Trinajstić information content (AvgIpc) is 3.13. The number of nitro benzene ring substituents is 1. The second-order valence-electron chi connectivity index (χ2n) is 5.56. The minimum Gasteiger partial charge on any atom is -0.454 e. The first-order valence-corrected chi connectivity index (χ1v) is 7.75. The van der Waals surface area contributed by atoms with E-state index < -0.39 is 10.9 Å². The van der Waals surface area contributed by atoms with Gasteiger partial charge in [-0.3, -0.25) is 10.1 Å². The van der Waals surface area contributed by atoms with Gasteiger partial charge in [0.05, 0.1) is 22.4 Å². The predicted octanol–water partition coefficient (Wildman–Crippen LogP) is 2.93. The summed E-state index contributed by atoms with van der Waals surface area (Å²) in [6.45, 7) is 1.57. The zero-order valence-corrected chi connectivity index (χ0v) is 13.0. The first-order valence-electron chi connectivity index (χ1n) is 7.75. The van der Waals surface area contributed by atoms with Gasteiger partial charge in [-0.1, -0.05) is 5.16 Å². The van der Waals surface area contributed by atoms with Gasteiger partial charge >= 0.3 is 5.97 Å². The van der Waals surface area contributed by atoms with Crippen LogP contribution in [0.4, 0.5) is 11.4 Å². The molecule has 0 amide bonds. The lowest BCUT2D eigenvalue weighted by atomic mass is 10.1. The van der Waals surface area contributed by atoms with Crippen molar-refractivity contribution in [2.45, 2.75) is 25.9 Å². The van der Waals surface area contributed by atoms with Gasteiger partial charge < -0.3 is 14.2 Å². The van der Waals surface area contributed by atoms with E-state index in [1.54, 1.807) is 12.1 Å². The fourth-order valence-electron chi connectivity index (χ4n) is 2.74. The Morgan fingerprint density at radius 1 is 1.29 bits per heavy atom. The molecule has 1 aliphatic heterocycles. The molecule has 3 rings (SSSR count). The molecule has 2 aromatic rings. The van der Waals surface area contributed by atoms with Gasteiger partial charge in [-0.05, 0) is 25.3 Å². The van der Waals surface area contributed by atoms with Gasteiger partial charge in [-0.15, -0.1) is 0 Å². The van der Waals surface area contributed by atoms with Crippen molar-refractivity contribution in [3.05, 3.63) is 51.9 Å². The molecule has 1 fully saturated rings. The number of carbonyl (C=O) groups is 1. The average molecular weight is 331 g/mol. The summed E-state index contributed by atoms with van der Waals surface area (Å²) >= 11 is 0. The van der Waals surface area contributed by atoms with Gasteiger partial charge in [0.2, 0.25) is 0 Å². The van der Waals surface area contributed by atoms with Crippen LogP contribution >= 0.6 is 0 Å². The largest absolute Gasteiger partial charge is 0.454 e. The Kier molecular flexibility index (Phi) is 4.74. The smallest absolute Gasteiger partial charge is 0.340 e. The highest BCUT2D eigenvalue weighted by molar-refractivity contribution is 5.96. The van der Waals surface area contributed by atoms with Crippen molar-refractivity contribution in [2.24, 2.45) is 0 Å². The molecule has 0 spiro atoms. The standard InChI is InChI=1S/C16H17N3O5/c20-16(23-11-13-6-7-17-24-13)14-10-12(19(21)22)4-5-15(14)18-8-2-1-3-9-18/h4-7,10H,1-3,8-9,11H2. The van der Waals surface area contributed by atoms with Gasteiger partial charge in [0.15, 0.2) is 12.4 Å². The number of carbonyl (C=O) groups excluding carboxylic acids is 1. The first-order chi connectivity index (χ1) is 11.6. The highest BCUT2D eigenvalue weighted by atomic mass is 16.6. The number of rotatable bonds is 5. The second-order valence-corrected chi connectivity index (χ2v) is 5.56. The lowest BCUT2D eigenvalue weighted by molar-refractivity contribution is -0.384. The van der Waals surface area contributed by atoms with E-state index in [0.29, 0.717) is 11.4 Å². The molecule has 0 aliphatic carbocycles. The molecule has 0 radical (unpaired) electrons. The maximum absolute atomic E-state index is 12.4. The van der Waals surface area contributed by atoms with Crippen LogP contribution in [0.25, 0.3) is 0 Å². The minimum absolute atomic E-state index is 0.0685. The van der Waals surface area contributed by atoms with E-state index in [1.807, 2.05) is 0 Å². The third kappa shape index (κ3) is 3.53. The predicted molar refractivity (Wildman–Crippen MR) is 84.8 cm³/mol. The van der Waals surface area contributed by atoms with Gasteiger partial charge in [-0.25, -0.2) is 4.79 Å². The van der Waals surface area contributed by atoms with Crippen molar-refractivity contribution >= 4 is 17.3 Å². The highest BCUT2D eigenvalue weighted by Crippen LogP contribution is 2.28. The number of non-ortho nitro benzene ring substituents is 1. The van der Waals surface area contributed by atoms with Crippen molar-refractivity contribution in [1.82, 2.24) is 5.16 Å². The summed E-state index contributed by atoms with van der Waals surface area (Å²) < 4.78 is 10.1. The molecular weight excluding hydrogens is 314 g/mol. The Morgan fingerprint density at radius 3 is 2.75 bits per heavy atom. The van der Waals surface area contributed by atoms with Gasteiger partial charge in [0, 0.05) is 31.3 Å². The molecule has 2 heterocycles. The Hall–Kier alpha value is -2.90. The molecule has 1 aromatic carbocycles. The van der Waals surface area contributed by atoms with Gasteiger partial charge in [0.25, 0.3) is 5.69 Å². The molecule has 1 aliphatic rings. The van der Waals surface area contributed by atoms with Crippen LogP contribution < -0.4 is 4.90 Å². The number of esters is 1. The summed E-state index contributed by atoms with van der Waals surface area (Å²) in [6, 6.07) is 5.89. The minimum atomic E-state index is -0.615. The van der Waals surface area contributed by atoms with E-state index in [4.69, 9.17) is 9.26 Å². The topological polar surface area (TPSA) is 98.7 Å². The van der Waals surface area contributed by atoms with E-state index in [9.17, 15) is 14.9 Å². The Balaban J connectivity index is 1.85. The van der Waals surface area contributed by atoms with E-state index in [0.717, 1.165) is 32.4 Å². The first kappa shape index (κ1) is 16.0. The van der Waals surface area contributed by atoms with E-state index >= 15 is 0 Å². The van der Waals surface area contributed by atoms with Crippen molar-refractivity contribution in [2.75, 3.05) is 18.0 Å². The normalized spacial score (nSPS) is 14.4. The molecule has 0 atom stereocenters. The number of hydrogen-bond donors (Lipinski definition) is 0. The molecule has 1 saturated heterocycles. The Morgan fingerprint density at radius 2 is 2.08 bits per heavy atom. The summed E-state index contributed by atoms with van der Waals surface area (Å²) in [4.78, 5) is 25.0. The molecule has 0 N–H and O–H groups in total. The molecule has 24 heavy (non-hydrogen) atoms. The van der Waals surface area contributed by atoms with Crippen LogP contribution in [0.1, 0.15) is 35.4 Å². The number of nitrogens with zero attached hydrogens (tertiary/aromatic N) is 3. The van der Waals surface area contributed by atoms with Crippen LogP contribution in [-0.2, 0) is 11.3 Å². The van der Waals surface area contributed by atoms with E-state index in [1.165, 1.54) is 18.3 Å². The number of nitro groups is 1. The number of benzene rings is 1. The summed E-state index contributed by atoms with van der Waals surface area (Å²) in [5.41, 5.74) is 0.732. The van der Waals surface area contributed by atoms with E-state index in [2.05, 4.69) is 10.1 Å². The number of anilines is 1. The van der Waals surface area contributed by atoms with Crippen molar-refractivity contribution in [3.63, 3.8) is 0 Å². The summed E-state index contributed by atoms with van der Waals surface area (Å²) in [5.74, 6) is -0.205. The van der Waals surface area contributed by atoms with Crippen LogP contribution in [0.5, 0.6) is 0 Å². The molecular formula is C16H17N3O5. The SMILES string of the molecule is O=C(OCc1ccno1)c1cc([N+](=O)[O-])ccc1N1CCCCC1. The second kappa shape index (κ2) is 7.12. The summed E-state index contributed by atoms with van der Waals surface area (Å²) in [6.07, 6.45) is 4.66. The molecule has 8 nitrogen and oxygen atoms in total. The maximum Gasteiger partial charge on any atom is 0.340 e. The number of ether oxygens (including phenoxy) is 1. The van der Waals surface area contributed by atoms with Crippen LogP contribution in [0, 0.1) is 10.1 Å². The molecule has 0 saturated carbocycles. The Labute approximate surface area is 138 Å². The molecule has 0 unspecified atom stereocenters. The van der Waals surface area contributed by atoms with Crippen molar-refractivity contribution < 1.29 is 19.0 Å². The fourth-order valence-corrected chi connectivity index (χ4v) is 2.74. The molecule has 126 valence electrons. The third-order valence-corrected chi connectivity index (χ3v) is 3.94. The fraction of sp³-hybridized carbons (Fsp3) is 0.375. The molecule has 8 heteroatoms. The van der Waals surface area contributed by atoms with Crippen molar-refractivity contribution in [3.8, 4) is 0 Å². The van der Waals surface area contributed by atoms with Gasteiger partial charge in [-0.2, -0.15) is 0 Å². The van der Waals surface area contributed by atoms with Crippen LogP contribution in [0.15, 0.2) is 35.0 Å². The lowest BCUT2D eigenvalue weighted by Crippen LogP contribution is -2.31. The zero-order valence-electron chi connectivity index (χ0n) is 13.0. The quantitative estimate of drug-likeness (QED) is 0.472. The highest BCUT2D eigenvalue weighted by Gasteiger charge is 2.23. The Bertz CT molecular complexity index is 723. The monoisotopic (exact) mass is 331 g/mol. The number of hydrogen-bond acceptors (Lipinski definition) is 7. The van der Waals surface area contributed by atoms with Crippen LogP contribution in [0.3, 0.4) is 0 Å². The lowest BCUT2D eigenvalue weighted by Gasteiger charge is -2.30. The van der Waals surface area contributed by atoms with Crippen LogP contribution in [0.2, 0.25) is 0 Å². The third-order valence-electron chi connectivity index (χ3n) is 3.94. The summed E-state index contributed by atoms with van der Waals surface area (Å²) in [5, 5.41) is 14.6. The van der Waals surface area contributed by atoms with Crippen molar-refractivity contribution in [1.29, 1.82) is 0 Å². The summed E-state index contributed by atoms with van der Waals surface area (Å²) in [7, 11) is 0. The zero-order chi connectivity index (χ0) is 16.9. The number of aromatic nitrogens is 1. The molecule has 0 bridgehead atoms. The van der Waals surface area contributed by atoms with Gasteiger partial charge in [0.1, 0.15) is 0 Å². The number of piperidine rings is 1. The van der Waals surface area contributed by atoms with Crippen LogP contribution in [-0.4, -0.2) is 29.1 Å². The maximum atomic E-state index is 12.4. The van der Waals surface area contributed by atoms with E-state index in [-0.39, 0.29) is 17.9 Å².